The number of nitriles is 1. The SMILES string of the molecule is CN1C(=O)CC(Nc2ccc(C#N)c3ccccc23)C1=O. The van der Waals surface area contributed by atoms with E-state index < -0.39 is 6.04 Å². The number of nitrogens with one attached hydrogen (secondary N) is 1. The minimum atomic E-state index is -0.543. The molecule has 1 N–H and O–H groups in total. The number of rotatable bonds is 2. The summed E-state index contributed by atoms with van der Waals surface area (Å²) in [7, 11) is 1.49. The van der Waals surface area contributed by atoms with Gasteiger partial charge in [-0.1, -0.05) is 24.3 Å². The van der Waals surface area contributed by atoms with Crippen LogP contribution >= 0.6 is 0 Å². The molecule has 0 aromatic heterocycles. The van der Waals surface area contributed by atoms with Gasteiger partial charge in [-0.15, -0.1) is 0 Å². The molecular formula is C16H13N3O2. The highest BCUT2D eigenvalue weighted by molar-refractivity contribution is 6.07. The van der Waals surface area contributed by atoms with Crippen molar-refractivity contribution in [3.05, 3.63) is 42.0 Å². The molecule has 0 radical (unpaired) electrons. The maximum atomic E-state index is 12.0. The fraction of sp³-hybridized carbons (Fsp3) is 0.188. The Morgan fingerprint density at radius 1 is 1.19 bits per heavy atom. The first-order chi connectivity index (χ1) is 10.1. The summed E-state index contributed by atoms with van der Waals surface area (Å²) in [5.74, 6) is -0.413. The smallest absolute Gasteiger partial charge is 0.251 e. The number of amides is 2. The van der Waals surface area contributed by atoms with Crippen molar-refractivity contribution in [2.24, 2.45) is 0 Å². The van der Waals surface area contributed by atoms with Crippen LogP contribution in [0, 0.1) is 11.3 Å². The summed E-state index contributed by atoms with van der Waals surface area (Å²) in [5, 5.41) is 14.0. The molecule has 1 fully saturated rings. The Morgan fingerprint density at radius 2 is 1.90 bits per heavy atom. The van der Waals surface area contributed by atoms with Crippen LogP contribution in [0.15, 0.2) is 36.4 Å². The molecule has 0 spiro atoms. The van der Waals surface area contributed by atoms with Crippen molar-refractivity contribution in [2.45, 2.75) is 12.5 Å². The number of carbonyl (C=O) groups is 2. The molecule has 0 saturated carbocycles. The van der Waals surface area contributed by atoms with Crippen LogP contribution < -0.4 is 5.32 Å². The van der Waals surface area contributed by atoms with Gasteiger partial charge in [0.1, 0.15) is 6.04 Å². The molecule has 5 nitrogen and oxygen atoms in total. The standard InChI is InChI=1S/C16H13N3O2/c1-19-15(20)8-14(16(19)21)18-13-7-6-10(9-17)11-4-2-3-5-12(11)13/h2-7,14,18H,8H2,1H3. The predicted octanol–water partition coefficient (Wildman–Crippen LogP) is 1.88. The lowest BCUT2D eigenvalue weighted by Gasteiger charge is -2.15. The molecule has 1 heterocycles. The van der Waals surface area contributed by atoms with E-state index in [9.17, 15) is 9.59 Å². The second kappa shape index (κ2) is 4.91. The third-order valence-corrected chi connectivity index (χ3v) is 3.76. The fourth-order valence-electron chi connectivity index (χ4n) is 2.58. The number of hydrogen-bond acceptors (Lipinski definition) is 4. The molecule has 1 aliphatic heterocycles. The zero-order valence-corrected chi connectivity index (χ0v) is 11.5. The number of likely N-dealkylation sites (tertiary alicyclic amines) is 1. The van der Waals surface area contributed by atoms with E-state index in [1.807, 2.05) is 24.3 Å². The Labute approximate surface area is 121 Å². The third kappa shape index (κ3) is 2.11. The maximum absolute atomic E-state index is 12.0. The predicted molar refractivity (Wildman–Crippen MR) is 78.5 cm³/mol. The quantitative estimate of drug-likeness (QED) is 0.852. The maximum Gasteiger partial charge on any atom is 0.251 e. The molecule has 3 rings (SSSR count). The van der Waals surface area contributed by atoms with E-state index in [1.54, 1.807) is 12.1 Å². The number of fused-ring (bicyclic) bond motifs is 1. The Hall–Kier alpha value is -2.87. The lowest BCUT2D eigenvalue weighted by atomic mass is 10.0. The molecule has 2 aromatic rings. The summed E-state index contributed by atoms with van der Waals surface area (Å²) in [6.45, 7) is 0. The number of likely N-dealkylation sites (N-methyl/N-ethyl adjacent to an activating group) is 1. The number of nitrogens with zero attached hydrogens (tertiary/aromatic N) is 2. The second-order valence-electron chi connectivity index (χ2n) is 5.01. The van der Waals surface area contributed by atoms with Crippen molar-refractivity contribution in [3.63, 3.8) is 0 Å². The number of hydrogen-bond donors (Lipinski definition) is 1. The lowest BCUT2D eigenvalue weighted by Crippen LogP contribution is -2.31. The summed E-state index contributed by atoms with van der Waals surface area (Å²) < 4.78 is 0. The highest BCUT2D eigenvalue weighted by Crippen LogP contribution is 2.28. The molecule has 1 saturated heterocycles. The number of imide groups is 1. The van der Waals surface area contributed by atoms with Crippen LogP contribution in [0.3, 0.4) is 0 Å². The van der Waals surface area contributed by atoms with Crippen molar-refractivity contribution in [1.29, 1.82) is 5.26 Å². The Balaban J connectivity index is 2.01. The molecule has 104 valence electrons. The van der Waals surface area contributed by atoms with E-state index in [4.69, 9.17) is 5.26 Å². The van der Waals surface area contributed by atoms with Crippen LogP contribution in [0.5, 0.6) is 0 Å². The van der Waals surface area contributed by atoms with Crippen LogP contribution in [0.1, 0.15) is 12.0 Å². The van der Waals surface area contributed by atoms with Crippen LogP contribution in [-0.4, -0.2) is 29.8 Å². The molecular weight excluding hydrogens is 266 g/mol. The van der Waals surface area contributed by atoms with Gasteiger partial charge in [0, 0.05) is 23.5 Å². The Morgan fingerprint density at radius 3 is 2.52 bits per heavy atom. The monoisotopic (exact) mass is 279 g/mol. The summed E-state index contributed by atoms with van der Waals surface area (Å²) in [5.41, 5.74) is 1.34. The third-order valence-electron chi connectivity index (χ3n) is 3.76. The lowest BCUT2D eigenvalue weighted by molar-refractivity contribution is -0.136. The van der Waals surface area contributed by atoms with E-state index in [1.165, 1.54) is 7.05 Å². The first-order valence-corrected chi connectivity index (χ1v) is 6.60. The van der Waals surface area contributed by atoms with Crippen LogP contribution in [0.2, 0.25) is 0 Å². The van der Waals surface area contributed by atoms with Gasteiger partial charge in [-0.3, -0.25) is 14.5 Å². The van der Waals surface area contributed by atoms with Gasteiger partial charge in [-0.05, 0) is 12.1 Å². The number of carbonyl (C=O) groups excluding carboxylic acids is 2. The van der Waals surface area contributed by atoms with E-state index in [0.717, 1.165) is 21.4 Å². The van der Waals surface area contributed by atoms with Crippen LogP contribution in [0.25, 0.3) is 10.8 Å². The topological polar surface area (TPSA) is 73.2 Å². The van der Waals surface area contributed by atoms with Crippen molar-refractivity contribution >= 4 is 28.3 Å². The average molecular weight is 279 g/mol. The first-order valence-electron chi connectivity index (χ1n) is 6.60. The van der Waals surface area contributed by atoms with Crippen LogP contribution in [0.4, 0.5) is 5.69 Å². The normalized spacial score (nSPS) is 18.1. The second-order valence-corrected chi connectivity index (χ2v) is 5.01. The molecule has 0 bridgehead atoms. The fourth-order valence-corrected chi connectivity index (χ4v) is 2.58. The highest BCUT2D eigenvalue weighted by Gasteiger charge is 2.36. The number of benzene rings is 2. The number of anilines is 1. The Bertz CT molecular complexity index is 792. The van der Waals surface area contributed by atoms with E-state index >= 15 is 0 Å². The van der Waals surface area contributed by atoms with Gasteiger partial charge in [0.25, 0.3) is 5.91 Å². The summed E-state index contributed by atoms with van der Waals surface area (Å²) >= 11 is 0. The summed E-state index contributed by atoms with van der Waals surface area (Å²) in [6.07, 6.45) is 0.156. The zero-order chi connectivity index (χ0) is 15.0. The van der Waals surface area contributed by atoms with E-state index in [2.05, 4.69) is 11.4 Å². The van der Waals surface area contributed by atoms with Crippen molar-refractivity contribution in [2.75, 3.05) is 12.4 Å². The molecule has 21 heavy (non-hydrogen) atoms. The van der Waals surface area contributed by atoms with Gasteiger partial charge in [-0.25, -0.2) is 0 Å². The van der Waals surface area contributed by atoms with E-state index in [0.29, 0.717) is 5.56 Å². The van der Waals surface area contributed by atoms with E-state index in [-0.39, 0.29) is 18.2 Å². The minimum absolute atomic E-state index is 0.156. The largest absolute Gasteiger partial charge is 0.373 e. The highest BCUT2D eigenvalue weighted by atomic mass is 16.2. The summed E-state index contributed by atoms with van der Waals surface area (Å²) in [4.78, 5) is 24.7. The molecule has 2 aromatic carbocycles. The van der Waals surface area contributed by atoms with Gasteiger partial charge in [-0.2, -0.15) is 5.26 Å². The zero-order valence-electron chi connectivity index (χ0n) is 11.5. The van der Waals surface area contributed by atoms with Gasteiger partial charge in [0.15, 0.2) is 0 Å². The molecule has 0 aliphatic carbocycles. The molecule has 1 unspecified atom stereocenters. The summed E-state index contributed by atoms with van der Waals surface area (Å²) in [6, 6.07) is 12.6. The van der Waals surface area contributed by atoms with Gasteiger partial charge in [0.05, 0.1) is 18.1 Å². The molecule has 5 heteroatoms. The van der Waals surface area contributed by atoms with Crippen molar-refractivity contribution in [1.82, 2.24) is 4.90 Å². The van der Waals surface area contributed by atoms with Crippen molar-refractivity contribution < 1.29 is 9.59 Å². The molecule has 2 amide bonds. The molecule has 1 atom stereocenters. The van der Waals surface area contributed by atoms with Gasteiger partial charge in [0.2, 0.25) is 5.91 Å². The van der Waals surface area contributed by atoms with Gasteiger partial charge < -0.3 is 5.32 Å². The molecule has 1 aliphatic rings. The average Bonchev–Trinajstić information content (AvgIpc) is 2.75. The Kier molecular flexibility index (Phi) is 3.07. The van der Waals surface area contributed by atoms with Crippen molar-refractivity contribution in [3.8, 4) is 6.07 Å². The van der Waals surface area contributed by atoms with Gasteiger partial charge >= 0.3 is 0 Å². The first kappa shape index (κ1) is 13.1. The minimum Gasteiger partial charge on any atom is -0.373 e. The van der Waals surface area contributed by atoms with Crippen LogP contribution in [-0.2, 0) is 9.59 Å².